The topological polar surface area (TPSA) is 52.6 Å². The zero-order chi connectivity index (χ0) is 18.8. The molecule has 2 rings (SSSR count). The van der Waals surface area contributed by atoms with Gasteiger partial charge in [-0.1, -0.05) is 13.8 Å². The van der Waals surface area contributed by atoms with Gasteiger partial charge in [-0.25, -0.2) is 4.98 Å². The Balaban J connectivity index is 1.62. The van der Waals surface area contributed by atoms with Gasteiger partial charge in [-0.3, -0.25) is 4.99 Å². The summed E-state index contributed by atoms with van der Waals surface area (Å²) in [4.78, 5) is 13.1. The van der Waals surface area contributed by atoms with Crippen LogP contribution in [0.5, 0.6) is 0 Å². The fraction of sp³-hybridized carbons (Fsp3) is 0.800. The predicted molar refractivity (Wildman–Crippen MR) is 113 cm³/mol. The van der Waals surface area contributed by atoms with Gasteiger partial charge in [0.2, 0.25) is 0 Å². The van der Waals surface area contributed by atoms with E-state index in [1.54, 1.807) is 11.3 Å². The molecular weight excluding hydrogens is 342 g/mol. The van der Waals surface area contributed by atoms with Crippen LogP contribution in [0.3, 0.4) is 0 Å². The standard InChI is InChI=1S/C20H37N5S/c1-5-21-20(23-10-8-19-24-13-18(4)26-19)22-9-6-7-11-25-14-16(2)12-17(3)15-25/h13,16-17H,5-12,14-15H2,1-4H3,(H2,21,22,23). The van der Waals surface area contributed by atoms with Crippen molar-refractivity contribution >= 4 is 17.3 Å². The molecule has 0 spiro atoms. The Labute approximate surface area is 163 Å². The number of likely N-dealkylation sites (tertiary alicyclic amines) is 1. The van der Waals surface area contributed by atoms with Crippen LogP contribution in [0.15, 0.2) is 11.2 Å². The molecule has 0 radical (unpaired) electrons. The molecule has 148 valence electrons. The lowest BCUT2D eigenvalue weighted by molar-refractivity contribution is 0.139. The number of aromatic nitrogens is 1. The predicted octanol–water partition coefficient (Wildman–Crippen LogP) is 3.31. The lowest BCUT2D eigenvalue weighted by atomic mass is 9.92. The highest BCUT2D eigenvalue weighted by molar-refractivity contribution is 7.11. The zero-order valence-electron chi connectivity index (χ0n) is 17.1. The van der Waals surface area contributed by atoms with Gasteiger partial charge in [0, 0.05) is 50.2 Å². The van der Waals surface area contributed by atoms with E-state index in [2.05, 4.69) is 48.2 Å². The molecule has 1 aliphatic heterocycles. The summed E-state index contributed by atoms with van der Waals surface area (Å²) in [7, 11) is 0. The van der Waals surface area contributed by atoms with Gasteiger partial charge in [0.05, 0.1) is 5.01 Å². The summed E-state index contributed by atoms with van der Waals surface area (Å²) < 4.78 is 0. The van der Waals surface area contributed by atoms with E-state index >= 15 is 0 Å². The number of nitrogens with zero attached hydrogens (tertiary/aromatic N) is 3. The number of piperidine rings is 1. The number of nitrogens with one attached hydrogen (secondary N) is 2. The van der Waals surface area contributed by atoms with Gasteiger partial charge in [-0.15, -0.1) is 11.3 Å². The average Bonchev–Trinajstić information content (AvgIpc) is 2.99. The molecule has 0 aromatic carbocycles. The van der Waals surface area contributed by atoms with E-state index in [1.165, 1.54) is 42.4 Å². The SMILES string of the molecule is CCNC(=NCCCCN1CC(C)CC(C)C1)NCCc1ncc(C)s1. The average molecular weight is 380 g/mol. The molecule has 0 bridgehead atoms. The summed E-state index contributed by atoms with van der Waals surface area (Å²) in [5, 5.41) is 7.95. The molecule has 2 N–H and O–H groups in total. The molecular formula is C20H37N5S. The number of rotatable bonds is 9. The van der Waals surface area contributed by atoms with E-state index in [9.17, 15) is 0 Å². The van der Waals surface area contributed by atoms with Gasteiger partial charge >= 0.3 is 0 Å². The van der Waals surface area contributed by atoms with Gasteiger partial charge in [-0.05, 0) is 51.5 Å². The number of hydrogen-bond acceptors (Lipinski definition) is 4. The monoisotopic (exact) mass is 379 g/mol. The lowest BCUT2D eigenvalue weighted by Gasteiger charge is -2.34. The molecule has 1 aliphatic rings. The third-order valence-corrected chi connectivity index (χ3v) is 5.71. The first kappa shape index (κ1) is 21.2. The largest absolute Gasteiger partial charge is 0.357 e. The molecule has 0 aliphatic carbocycles. The molecule has 1 aromatic rings. The van der Waals surface area contributed by atoms with E-state index in [-0.39, 0.29) is 0 Å². The van der Waals surface area contributed by atoms with Crippen molar-refractivity contribution in [3.63, 3.8) is 0 Å². The first-order valence-electron chi connectivity index (χ1n) is 10.2. The van der Waals surface area contributed by atoms with Crippen LogP contribution in [-0.4, -0.2) is 55.1 Å². The molecule has 1 fully saturated rings. The second-order valence-corrected chi connectivity index (χ2v) is 9.03. The Morgan fingerprint density at radius 2 is 2.04 bits per heavy atom. The molecule has 1 aromatic heterocycles. The number of guanidine groups is 1. The minimum atomic E-state index is 0.850. The Morgan fingerprint density at radius 3 is 2.69 bits per heavy atom. The molecule has 1 saturated heterocycles. The van der Waals surface area contributed by atoms with Crippen LogP contribution in [0.1, 0.15) is 49.9 Å². The van der Waals surface area contributed by atoms with Crippen molar-refractivity contribution in [3.05, 3.63) is 16.1 Å². The number of unbranched alkanes of at least 4 members (excludes halogenated alkanes) is 1. The number of aliphatic imine (C=N–C) groups is 1. The minimum Gasteiger partial charge on any atom is -0.357 e. The fourth-order valence-corrected chi connectivity index (χ4v) is 4.55. The van der Waals surface area contributed by atoms with E-state index in [1.807, 2.05) is 6.20 Å². The zero-order valence-corrected chi connectivity index (χ0v) is 17.9. The first-order chi connectivity index (χ1) is 12.6. The van der Waals surface area contributed by atoms with Gasteiger partial charge < -0.3 is 15.5 Å². The first-order valence-corrected chi connectivity index (χ1v) is 11.0. The van der Waals surface area contributed by atoms with Crippen LogP contribution in [-0.2, 0) is 6.42 Å². The van der Waals surface area contributed by atoms with Gasteiger partial charge in [0.25, 0.3) is 0 Å². The van der Waals surface area contributed by atoms with Crippen molar-refractivity contribution in [1.82, 2.24) is 20.5 Å². The highest BCUT2D eigenvalue weighted by atomic mass is 32.1. The maximum absolute atomic E-state index is 4.72. The molecule has 0 saturated carbocycles. The second kappa shape index (κ2) is 11.5. The van der Waals surface area contributed by atoms with Gasteiger partial charge in [-0.2, -0.15) is 0 Å². The van der Waals surface area contributed by atoms with Crippen LogP contribution in [0.25, 0.3) is 0 Å². The van der Waals surface area contributed by atoms with Crippen LogP contribution in [0.4, 0.5) is 0 Å². The third kappa shape index (κ3) is 8.04. The van der Waals surface area contributed by atoms with Crippen molar-refractivity contribution in [2.24, 2.45) is 16.8 Å². The fourth-order valence-electron chi connectivity index (χ4n) is 3.76. The van der Waals surface area contributed by atoms with Crippen molar-refractivity contribution in [1.29, 1.82) is 0 Å². The smallest absolute Gasteiger partial charge is 0.191 e. The minimum absolute atomic E-state index is 0.850. The summed E-state index contributed by atoms with van der Waals surface area (Å²) in [6.45, 7) is 15.4. The van der Waals surface area contributed by atoms with Crippen molar-refractivity contribution in [2.75, 3.05) is 39.3 Å². The van der Waals surface area contributed by atoms with Crippen LogP contribution in [0, 0.1) is 18.8 Å². The maximum atomic E-state index is 4.72. The Hall–Kier alpha value is -1.14. The summed E-state index contributed by atoms with van der Waals surface area (Å²) in [5.74, 6) is 2.63. The van der Waals surface area contributed by atoms with E-state index in [4.69, 9.17) is 4.99 Å². The molecule has 26 heavy (non-hydrogen) atoms. The van der Waals surface area contributed by atoms with E-state index < -0.39 is 0 Å². The number of hydrogen-bond donors (Lipinski definition) is 2. The van der Waals surface area contributed by atoms with Crippen LogP contribution in [0.2, 0.25) is 0 Å². The molecule has 2 heterocycles. The summed E-state index contributed by atoms with van der Waals surface area (Å²) in [5.41, 5.74) is 0. The Morgan fingerprint density at radius 1 is 1.27 bits per heavy atom. The van der Waals surface area contributed by atoms with E-state index in [0.29, 0.717) is 0 Å². The van der Waals surface area contributed by atoms with Gasteiger partial charge in [0.15, 0.2) is 5.96 Å². The molecule has 2 atom stereocenters. The molecule has 0 amide bonds. The molecule has 6 heteroatoms. The summed E-state index contributed by atoms with van der Waals surface area (Å²) >= 11 is 1.77. The Bertz CT molecular complexity index is 532. The van der Waals surface area contributed by atoms with E-state index in [0.717, 1.165) is 50.3 Å². The highest BCUT2D eigenvalue weighted by Crippen LogP contribution is 2.21. The summed E-state index contributed by atoms with van der Waals surface area (Å²) in [6, 6.07) is 0. The third-order valence-electron chi connectivity index (χ3n) is 4.74. The molecule has 2 unspecified atom stereocenters. The second-order valence-electron chi connectivity index (χ2n) is 7.71. The number of thiazole rings is 1. The maximum Gasteiger partial charge on any atom is 0.191 e. The summed E-state index contributed by atoms with van der Waals surface area (Å²) in [6.07, 6.45) is 6.68. The molecule has 5 nitrogen and oxygen atoms in total. The Kier molecular flexibility index (Phi) is 9.40. The van der Waals surface area contributed by atoms with Gasteiger partial charge in [0.1, 0.15) is 0 Å². The van der Waals surface area contributed by atoms with Crippen LogP contribution < -0.4 is 10.6 Å². The van der Waals surface area contributed by atoms with Crippen LogP contribution >= 0.6 is 11.3 Å². The normalized spacial score (nSPS) is 21.8. The van der Waals surface area contributed by atoms with Crippen molar-refractivity contribution < 1.29 is 0 Å². The quantitative estimate of drug-likeness (QED) is 0.393. The highest BCUT2D eigenvalue weighted by Gasteiger charge is 2.20. The van der Waals surface area contributed by atoms with Crippen molar-refractivity contribution in [2.45, 2.75) is 53.4 Å². The lowest BCUT2D eigenvalue weighted by Crippen LogP contribution is -2.39. The number of aryl methyl sites for hydroxylation is 1. The van der Waals surface area contributed by atoms with Crippen molar-refractivity contribution in [3.8, 4) is 0 Å².